The van der Waals surface area contributed by atoms with Gasteiger partial charge in [0, 0.05) is 21.7 Å². The van der Waals surface area contributed by atoms with Crippen molar-refractivity contribution < 1.29 is 19.3 Å². The van der Waals surface area contributed by atoms with Gasteiger partial charge in [-0.05, 0) is 72.8 Å². The number of aryl methyl sites for hydroxylation is 1. The summed E-state index contributed by atoms with van der Waals surface area (Å²) < 4.78 is 0. The molecule has 36 heavy (non-hydrogen) atoms. The van der Waals surface area contributed by atoms with Crippen LogP contribution >= 0.6 is 35.1 Å². The molecule has 4 rings (SSSR count). The Bertz CT molecular complexity index is 1390. The summed E-state index contributed by atoms with van der Waals surface area (Å²) in [7, 11) is 0. The molecule has 0 radical (unpaired) electrons. The summed E-state index contributed by atoms with van der Waals surface area (Å²) in [4.78, 5) is 50.9. The maximum atomic E-state index is 12.8. The highest BCUT2D eigenvalue weighted by molar-refractivity contribution is 8.18. The van der Waals surface area contributed by atoms with Crippen LogP contribution in [-0.2, 0) is 9.59 Å². The third-order valence-corrected chi connectivity index (χ3v) is 7.26. The van der Waals surface area contributed by atoms with E-state index in [9.17, 15) is 24.5 Å². The number of nitro benzene ring substituents is 1. The number of hydrogen-bond donors (Lipinski definition) is 1. The van der Waals surface area contributed by atoms with Gasteiger partial charge >= 0.3 is 0 Å². The van der Waals surface area contributed by atoms with Crippen molar-refractivity contribution in [1.29, 1.82) is 0 Å². The number of benzene rings is 3. The van der Waals surface area contributed by atoms with Crippen molar-refractivity contribution in [1.82, 2.24) is 4.90 Å². The fraction of sp³-hybridized carbons (Fsp3) is 0.0800. The van der Waals surface area contributed by atoms with Crippen LogP contribution in [0.3, 0.4) is 0 Å². The first kappa shape index (κ1) is 25.5. The van der Waals surface area contributed by atoms with Gasteiger partial charge in [0.25, 0.3) is 16.8 Å². The molecule has 1 N–H and O–H groups in total. The van der Waals surface area contributed by atoms with E-state index in [2.05, 4.69) is 5.32 Å². The number of hydrogen-bond acceptors (Lipinski definition) is 7. The smallest absolute Gasteiger partial charge is 0.294 e. The van der Waals surface area contributed by atoms with Crippen LogP contribution < -0.4 is 5.32 Å². The number of halogens is 1. The van der Waals surface area contributed by atoms with Gasteiger partial charge in [0.2, 0.25) is 5.91 Å². The van der Waals surface area contributed by atoms with E-state index in [-0.39, 0.29) is 10.6 Å². The van der Waals surface area contributed by atoms with Crippen LogP contribution in [0.15, 0.2) is 81.4 Å². The lowest BCUT2D eigenvalue weighted by molar-refractivity contribution is -0.387. The van der Waals surface area contributed by atoms with Crippen LogP contribution in [0.2, 0.25) is 5.02 Å². The number of amides is 3. The quantitative estimate of drug-likeness (QED) is 0.210. The lowest BCUT2D eigenvalue weighted by Gasteiger charge is -2.12. The number of rotatable bonds is 7. The molecule has 0 spiro atoms. The van der Waals surface area contributed by atoms with E-state index < -0.39 is 28.5 Å². The molecule has 3 amide bonds. The third-order valence-electron chi connectivity index (χ3n) is 5.03. The molecule has 0 bridgehead atoms. The highest BCUT2D eigenvalue weighted by Crippen LogP contribution is 2.37. The van der Waals surface area contributed by atoms with Gasteiger partial charge in [0.1, 0.15) is 6.54 Å². The number of nitrogens with zero attached hydrogens (tertiary/aromatic N) is 2. The zero-order chi connectivity index (χ0) is 25.8. The average Bonchev–Trinajstić information content (AvgIpc) is 3.10. The van der Waals surface area contributed by atoms with E-state index in [1.165, 1.54) is 23.9 Å². The van der Waals surface area contributed by atoms with Gasteiger partial charge < -0.3 is 5.32 Å². The second kappa shape index (κ2) is 11.0. The van der Waals surface area contributed by atoms with Crippen molar-refractivity contribution in [2.24, 2.45) is 0 Å². The lowest BCUT2D eigenvalue weighted by Crippen LogP contribution is -2.36. The minimum Gasteiger partial charge on any atom is -0.325 e. The molecule has 8 nitrogen and oxygen atoms in total. The predicted octanol–water partition coefficient (Wildman–Crippen LogP) is 6.38. The number of carbonyl (C=O) groups excluding carboxylic acids is 3. The Hall–Kier alpha value is -3.60. The maximum Gasteiger partial charge on any atom is 0.294 e. The van der Waals surface area contributed by atoms with Crippen molar-refractivity contribution in [2.75, 3.05) is 11.9 Å². The Morgan fingerprint density at radius 3 is 2.47 bits per heavy atom. The van der Waals surface area contributed by atoms with Crippen molar-refractivity contribution in [3.8, 4) is 0 Å². The van der Waals surface area contributed by atoms with Gasteiger partial charge in [0.05, 0.1) is 14.7 Å². The number of carbonyl (C=O) groups is 3. The first-order chi connectivity index (χ1) is 17.2. The Balaban J connectivity index is 1.49. The van der Waals surface area contributed by atoms with Gasteiger partial charge in [-0.3, -0.25) is 29.4 Å². The fourth-order valence-corrected chi connectivity index (χ4v) is 5.12. The number of thioether (sulfide) groups is 1. The van der Waals surface area contributed by atoms with Crippen LogP contribution in [0.25, 0.3) is 6.08 Å². The molecule has 3 aromatic rings. The average molecular weight is 540 g/mol. The summed E-state index contributed by atoms with van der Waals surface area (Å²) >= 11 is 7.76. The number of nitrogens with one attached hydrogen (secondary N) is 1. The van der Waals surface area contributed by atoms with Crippen molar-refractivity contribution in [3.05, 3.63) is 97.9 Å². The highest BCUT2D eigenvalue weighted by atomic mass is 35.5. The molecule has 182 valence electrons. The molecule has 0 atom stereocenters. The summed E-state index contributed by atoms with van der Waals surface area (Å²) in [6.45, 7) is 1.50. The Labute approximate surface area is 219 Å². The number of imide groups is 1. The largest absolute Gasteiger partial charge is 0.325 e. The maximum absolute atomic E-state index is 12.8. The van der Waals surface area contributed by atoms with Crippen LogP contribution in [-0.4, -0.2) is 33.4 Å². The van der Waals surface area contributed by atoms with E-state index in [0.717, 1.165) is 15.4 Å². The van der Waals surface area contributed by atoms with Crippen LogP contribution in [0.5, 0.6) is 0 Å². The molecule has 1 fully saturated rings. The van der Waals surface area contributed by atoms with Gasteiger partial charge in [-0.1, -0.05) is 47.1 Å². The minimum absolute atomic E-state index is 0.0764. The normalized spacial score (nSPS) is 14.4. The minimum atomic E-state index is -0.642. The summed E-state index contributed by atoms with van der Waals surface area (Å²) in [6.07, 6.45) is 1.41. The summed E-state index contributed by atoms with van der Waals surface area (Å²) in [6, 6.07) is 18.6. The van der Waals surface area contributed by atoms with E-state index >= 15 is 0 Å². The topological polar surface area (TPSA) is 110 Å². The Morgan fingerprint density at radius 2 is 1.81 bits per heavy atom. The molecule has 1 aliphatic heterocycles. The molecule has 0 aromatic heterocycles. The third kappa shape index (κ3) is 6.14. The van der Waals surface area contributed by atoms with Gasteiger partial charge in [0.15, 0.2) is 0 Å². The van der Waals surface area contributed by atoms with Crippen molar-refractivity contribution in [3.63, 3.8) is 0 Å². The second-order valence-corrected chi connectivity index (χ2v) is 10.3. The Morgan fingerprint density at radius 1 is 1.11 bits per heavy atom. The van der Waals surface area contributed by atoms with E-state index in [1.54, 1.807) is 36.4 Å². The molecular formula is C25H18ClN3O5S2. The molecule has 0 unspecified atom stereocenters. The first-order valence-electron chi connectivity index (χ1n) is 10.5. The zero-order valence-corrected chi connectivity index (χ0v) is 21.2. The molecule has 1 aliphatic rings. The zero-order valence-electron chi connectivity index (χ0n) is 18.8. The standard InChI is InChI=1S/C25H18ClN3O5S2/c1-15-2-9-19(10-3-15)35-21-11-4-16(12-20(21)29(33)34)13-22-24(31)28(25(32)36-22)14-23(30)27-18-7-5-17(26)6-8-18/h2-13H,14H2,1H3,(H,27,30)/b22-13-. The van der Waals surface area contributed by atoms with Crippen LogP contribution in [0.4, 0.5) is 16.2 Å². The second-order valence-electron chi connectivity index (χ2n) is 7.72. The molecule has 1 heterocycles. The molecular weight excluding hydrogens is 522 g/mol. The summed E-state index contributed by atoms with van der Waals surface area (Å²) in [5.74, 6) is -1.19. The molecule has 1 saturated heterocycles. The monoisotopic (exact) mass is 539 g/mol. The van der Waals surface area contributed by atoms with Crippen molar-refractivity contribution in [2.45, 2.75) is 16.7 Å². The fourth-order valence-electron chi connectivity index (χ4n) is 3.25. The van der Waals surface area contributed by atoms with Gasteiger partial charge in [-0.15, -0.1) is 0 Å². The number of nitro groups is 1. The highest BCUT2D eigenvalue weighted by Gasteiger charge is 2.36. The Kier molecular flexibility index (Phi) is 7.78. The molecule has 0 saturated carbocycles. The van der Waals surface area contributed by atoms with Crippen LogP contribution in [0.1, 0.15) is 11.1 Å². The molecule has 0 aliphatic carbocycles. The van der Waals surface area contributed by atoms with Crippen molar-refractivity contribution >= 4 is 69.6 Å². The summed E-state index contributed by atoms with van der Waals surface area (Å²) in [5, 5.41) is 14.2. The van der Waals surface area contributed by atoms with Crippen LogP contribution in [0, 0.1) is 17.0 Å². The van der Waals surface area contributed by atoms with E-state index in [1.807, 2.05) is 31.2 Å². The SMILES string of the molecule is Cc1ccc(Sc2ccc(/C=C3\SC(=O)N(CC(=O)Nc4ccc(Cl)cc4)C3=O)cc2[N+](=O)[O-])cc1. The summed E-state index contributed by atoms with van der Waals surface area (Å²) in [5.41, 5.74) is 1.84. The predicted molar refractivity (Wildman–Crippen MR) is 141 cm³/mol. The molecule has 11 heteroatoms. The van der Waals surface area contributed by atoms with Gasteiger partial charge in [-0.25, -0.2) is 0 Å². The first-order valence-corrected chi connectivity index (χ1v) is 12.5. The van der Waals surface area contributed by atoms with E-state index in [0.29, 0.717) is 32.9 Å². The van der Waals surface area contributed by atoms with E-state index in [4.69, 9.17) is 11.6 Å². The van der Waals surface area contributed by atoms with Gasteiger partial charge in [-0.2, -0.15) is 0 Å². The molecule has 3 aromatic carbocycles. The lowest BCUT2D eigenvalue weighted by atomic mass is 10.2. The number of anilines is 1.